The van der Waals surface area contributed by atoms with Gasteiger partial charge < -0.3 is 10.2 Å². The average Bonchev–Trinajstić information content (AvgIpc) is 2.71. The minimum absolute atomic E-state index is 0.341. The van der Waals surface area contributed by atoms with Crippen LogP contribution in [-0.2, 0) is 0 Å². The minimum atomic E-state index is -0.381. The van der Waals surface area contributed by atoms with Crippen molar-refractivity contribution in [2.24, 2.45) is 5.92 Å². The predicted molar refractivity (Wildman–Crippen MR) is 60.6 cm³/mol. The lowest BCUT2D eigenvalue weighted by molar-refractivity contribution is 0.547. The summed E-state index contributed by atoms with van der Waals surface area (Å²) in [4.78, 5) is 1.92. The van der Waals surface area contributed by atoms with Gasteiger partial charge >= 0.3 is 0 Å². The summed E-state index contributed by atoms with van der Waals surface area (Å²) in [6.07, 6.45) is 1.02. The molecule has 1 aromatic carbocycles. The molecule has 0 spiro atoms. The average molecular weight is 226 g/mol. The Labute approximate surface area is 94.3 Å². The Balaban J connectivity index is 2.11. The third-order valence-electron chi connectivity index (χ3n) is 3.03. The summed E-state index contributed by atoms with van der Waals surface area (Å²) in [7, 11) is 1.91. The molecule has 1 atom stereocenters. The van der Waals surface area contributed by atoms with E-state index in [0.717, 1.165) is 32.1 Å². The van der Waals surface area contributed by atoms with Crippen molar-refractivity contribution in [3.05, 3.63) is 29.8 Å². The van der Waals surface area contributed by atoms with Gasteiger partial charge in [-0.25, -0.2) is 8.78 Å². The van der Waals surface area contributed by atoms with E-state index < -0.39 is 0 Å². The standard InChI is InChI=1S/C12H16F2N2/c1-15-7-9-4-5-16(8-9)12-6-10(13)2-3-11(12)14/h2-3,6,9,15H,4-5,7-8H2,1H3. The van der Waals surface area contributed by atoms with Crippen LogP contribution in [0.1, 0.15) is 6.42 Å². The maximum absolute atomic E-state index is 13.5. The molecule has 0 saturated carbocycles. The van der Waals surface area contributed by atoms with E-state index >= 15 is 0 Å². The van der Waals surface area contributed by atoms with Crippen molar-refractivity contribution >= 4 is 5.69 Å². The number of nitrogens with zero attached hydrogens (tertiary/aromatic N) is 1. The Morgan fingerprint density at radius 3 is 3.00 bits per heavy atom. The van der Waals surface area contributed by atoms with Gasteiger partial charge in [0.25, 0.3) is 0 Å². The predicted octanol–water partition coefficient (Wildman–Crippen LogP) is 2.01. The second-order valence-corrected chi connectivity index (χ2v) is 4.25. The van der Waals surface area contributed by atoms with E-state index in [1.807, 2.05) is 11.9 Å². The van der Waals surface area contributed by atoms with Crippen molar-refractivity contribution in [1.29, 1.82) is 0 Å². The highest BCUT2D eigenvalue weighted by atomic mass is 19.1. The zero-order chi connectivity index (χ0) is 11.5. The van der Waals surface area contributed by atoms with Crippen molar-refractivity contribution in [2.75, 3.05) is 31.6 Å². The van der Waals surface area contributed by atoms with Crippen LogP contribution >= 0.6 is 0 Å². The highest BCUT2D eigenvalue weighted by Crippen LogP contribution is 2.26. The van der Waals surface area contributed by atoms with Gasteiger partial charge in [-0.3, -0.25) is 0 Å². The molecule has 1 aliphatic heterocycles. The molecule has 1 aliphatic rings. The van der Waals surface area contributed by atoms with Gasteiger partial charge in [0, 0.05) is 19.2 Å². The van der Waals surface area contributed by atoms with Gasteiger partial charge in [0.1, 0.15) is 11.6 Å². The Bertz CT molecular complexity index is 368. The Morgan fingerprint density at radius 2 is 2.25 bits per heavy atom. The number of nitrogens with one attached hydrogen (secondary N) is 1. The van der Waals surface area contributed by atoms with Gasteiger partial charge in [-0.05, 0) is 38.1 Å². The number of rotatable bonds is 3. The molecule has 2 rings (SSSR count). The second kappa shape index (κ2) is 4.78. The molecule has 1 unspecified atom stereocenters. The van der Waals surface area contributed by atoms with Crippen LogP contribution < -0.4 is 10.2 Å². The van der Waals surface area contributed by atoms with E-state index in [-0.39, 0.29) is 11.6 Å². The summed E-state index contributed by atoms with van der Waals surface area (Å²) in [6.45, 7) is 2.52. The third-order valence-corrected chi connectivity index (χ3v) is 3.03. The van der Waals surface area contributed by atoms with Crippen LogP contribution in [0.4, 0.5) is 14.5 Å². The molecule has 0 amide bonds. The van der Waals surface area contributed by atoms with Gasteiger partial charge in [0.15, 0.2) is 0 Å². The minimum Gasteiger partial charge on any atom is -0.369 e. The van der Waals surface area contributed by atoms with E-state index in [1.54, 1.807) is 0 Å². The largest absolute Gasteiger partial charge is 0.369 e. The summed E-state index contributed by atoms with van der Waals surface area (Å²) in [5.74, 6) is -0.201. The lowest BCUT2D eigenvalue weighted by Crippen LogP contribution is -2.25. The van der Waals surface area contributed by atoms with E-state index in [0.29, 0.717) is 11.6 Å². The molecule has 0 bridgehead atoms. The molecule has 0 radical (unpaired) electrons. The smallest absolute Gasteiger partial charge is 0.146 e. The highest BCUT2D eigenvalue weighted by Gasteiger charge is 2.24. The van der Waals surface area contributed by atoms with E-state index in [9.17, 15) is 8.78 Å². The number of halogens is 2. The number of benzene rings is 1. The van der Waals surface area contributed by atoms with E-state index in [2.05, 4.69) is 5.32 Å². The lowest BCUT2D eigenvalue weighted by Gasteiger charge is -2.19. The summed E-state index contributed by atoms with van der Waals surface area (Å²) < 4.78 is 26.6. The molecule has 1 heterocycles. The first-order valence-corrected chi connectivity index (χ1v) is 5.55. The molecule has 1 saturated heterocycles. The molecule has 2 nitrogen and oxygen atoms in total. The zero-order valence-electron chi connectivity index (χ0n) is 9.34. The van der Waals surface area contributed by atoms with Crippen molar-refractivity contribution < 1.29 is 8.78 Å². The van der Waals surface area contributed by atoms with Gasteiger partial charge in [0.2, 0.25) is 0 Å². The maximum Gasteiger partial charge on any atom is 0.146 e. The highest BCUT2D eigenvalue weighted by molar-refractivity contribution is 5.48. The van der Waals surface area contributed by atoms with Crippen LogP contribution in [-0.4, -0.2) is 26.7 Å². The molecule has 1 N–H and O–H groups in total. The van der Waals surface area contributed by atoms with E-state index in [4.69, 9.17) is 0 Å². The lowest BCUT2D eigenvalue weighted by atomic mass is 10.1. The first kappa shape index (κ1) is 11.3. The van der Waals surface area contributed by atoms with Crippen LogP contribution in [0, 0.1) is 17.6 Å². The molecule has 1 aromatic rings. The van der Waals surface area contributed by atoms with Crippen molar-refractivity contribution in [2.45, 2.75) is 6.42 Å². The Hall–Kier alpha value is -1.16. The Morgan fingerprint density at radius 1 is 1.44 bits per heavy atom. The SMILES string of the molecule is CNCC1CCN(c2cc(F)ccc2F)C1. The molecule has 16 heavy (non-hydrogen) atoms. The zero-order valence-corrected chi connectivity index (χ0v) is 9.34. The normalized spacial score (nSPS) is 20.4. The molecule has 0 aromatic heterocycles. The molecular formula is C12H16F2N2. The van der Waals surface area contributed by atoms with Crippen LogP contribution in [0.5, 0.6) is 0 Å². The molecule has 4 heteroatoms. The summed E-state index contributed by atoms with van der Waals surface area (Å²) in [6, 6.07) is 3.62. The van der Waals surface area contributed by atoms with Crippen LogP contribution in [0.25, 0.3) is 0 Å². The number of anilines is 1. The van der Waals surface area contributed by atoms with Crippen LogP contribution in [0.3, 0.4) is 0 Å². The summed E-state index contributed by atoms with van der Waals surface area (Å²) >= 11 is 0. The summed E-state index contributed by atoms with van der Waals surface area (Å²) in [5, 5.41) is 3.11. The fourth-order valence-electron chi connectivity index (χ4n) is 2.23. The topological polar surface area (TPSA) is 15.3 Å². The second-order valence-electron chi connectivity index (χ2n) is 4.25. The monoisotopic (exact) mass is 226 g/mol. The maximum atomic E-state index is 13.5. The first-order chi connectivity index (χ1) is 7.70. The fraction of sp³-hybridized carbons (Fsp3) is 0.500. The number of hydrogen-bond donors (Lipinski definition) is 1. The molecule has 0 aliphatic carbocycles. The van der Waals surface area contributed by atoms with Crippen molar-refractivity contribution in [3.8, 4) is 0 Å². The summed E-state index contributed by atoms with van der Waals surface area (Å²) in [5.41, 5.74) is 0.388. The van der Waals surface area contributed by atoms with Crippen LogP contribution in [0.15, 0.2) is 18.2 Å². The van der Waals surface area contributed by atoms with Crippen molar-refractivity contribution in [1.82, 2.24) is 5.32 Å². The third kappa shape index (κ3) is 2.32. The van der Waals surface area contributed by atoms with Gasteiger partial charge in [-0.15, -0.1) is 0 Å². The van der Waals surface area contributed by atoms with Gasteiger partial charge in [-0.1, -0.05) is 0 Å². The molecule has 1 fully saturated rings. The van der Waals surface area contributed by atoms with Crippen molar-refractivity contribution in [3.63, 3.8) is 0 Å². The Kier molecular flexibility index (Phi) is 3.39. The van der Waals surface area contributed by atoms with Gasteiger partial charge in [0.05, 0.1) is 5.69 Å². The van der Waals surface area contributed by atoms with E-state index in [1.165, 1.54) is 12.1 Å². The van der Waals surface area contributed by atoms with Crippen LogP contribution in [0.2, 0.25) is 0 Å². The fourth-order valence-corrected chi connectivity index (χ4v) is 2.23. The molecule has 88 valence electrons. The number of hydrogen-bond acceptors (Lipinski definition) is 2. The first-order valence-electron chi connectivity index (χ1n) is 5.55. The quantitative estimate of drug-likeness (QED) is 0.848. The van der Waals surface area contributed by atoms with Gasteiger partial charge in [-0.2, -0.15) is 0 Å². The molecular weight excluding hydrogens is 210 g/mol.